The molecule has 1 heterocycles. The van der Waals surface area contributed by atoms with Crippen LogP contribution in [-0.4, -0.2) is 23.6 Å². The molecule has 5 nitrogen and oxygen atoms in total. The first-order valence-corrected chi connectivity index (χ1v) is 9.25. The number of nitrogens with one attached hydrogen (secondary N) is 2. The summed E-state index contributed by atoms with van der Waals surface area (Å²) in [4.78, 5) is 9.10. The molecule has 0 amide bonds. The molecular weight excluding hydrogens is 336 g/mol. The van der Waals surface area contributed by atoms with Gasteiger partial charge in [0.15, 0.2) is 0 Å². The van der Waals surface area contributed by atoms with E-state index in [0.717, 1.165) is 42.3 Å². The smallest absolute Gasteiger partial charge is 0.224 e. The van der Waals surface area contributed by atoms with Gasteiger partial charge >= 0.3 is 0 Å². The molecule has 2 N–H and O–H groups in total. The number of para-hydroxylation sites is 1. The summed E-state index contributed by atoms with van der Waals surface area (Å²) in [5.74, 6) is 2.31. The zero-order valence-corrected chi connectivity index (χ0v) is 16.1. The van der Waals surface area contributed by atoms with Gasteiger partial charge in [-0.3, -0.25) is 0 Å². The molecule has 140 valence electrons. The number of aromatic nitrogens is 2. The SMILES string of the molecule is CCc1ccccc1Nc1cc(C)nc(NCCc2ccc(OC)cc2)n1. The summed E-state index contributed by atoms with van der Waals surface area (Å²) >= 11 is 0. The quantitative estimate of drug-likeness (QED) is 0.605. The lowest BCUT2D eigenvalue weighted by atomic mass is 10.1. The minimum absolute atomic E-state index is 0.639. The molecule has 0 spiro atoms. The molecule has 3 rings (SSSR count). The Morgan fingerprint density at radius 1 is 1.00 bits per heavy atom. The van der Waals surface area contributed by atoms with Crippen LogP contribution in [0.15, 0.2) is 54.6 Å². The number of benzene rings is 2. The molecule has 3 aromatic rings. The van der Waals surface area contributed by atoms with E-state index in [1.165, 1.54) is 11.1 Å². The largest absolute Gasteiger partial charge is 0.497 e. The van der Waals surface area contributed by atoms with Gasteiger partial charge in [0.05, 0.1) is 7.11 Å². The average Bonchev–Trinajstić information content (AvgIpc) is 2.68. The Morgan fingerprint density at radius 3 is 2.52 bits per heavy atom. The lowest BCUT2D eigenvalue weighted by Gasteiger charge is -2.12. The van der Waals surface area contributed by atoms with E-state index in [0.29, 0.717) is 5.95 Å². The number of nitrogens with zero attached hydrogens (tertiary/aromatic N) is 2. The first-order chi connectivity index (χ1) is 13.2. The van der Waals surface area contributed by atoms with Crippen LogP contribution in [0.1, 0.15) is 23.7 Å². The van der Waals surface area contributed by atoms with E-state index in [1.54, 1.807) is 7.11 Å². The van der Waals surface area contributed by atoms with Gasteiger partial charge in [-0.15, -0.1) is 0 Å². The summed E-state index contributed by atoms with van der Waals surface area (Å²) < 4.78 is 5.19. The Morgan fingerprint density at radius 2 is 1.78 bits per heavy atom. The van der Waals surface area contributed by atoms with Crippen LogP contribution < -0.4 is 15.4 Å². The van der Waals surface area contributed by atoms with Gasteiger partial charge < -0.3 is 15.4 Å². The molecule has 27 heavy (non-hydrogen) atoms. The molecule has 1 aromatic heterocycles. The minimum atomic E-state index is 0.639. The fraction of sp³-hybridized carbons (Fsp3) is 0.273. The third-order valence-electron chi connectivity index (χ3n) is 4.37. The van der Waals surface area contributed by atoms with Crippen LogP contribution in [0.2, 0.25) is 0 Å². The van der Waals surface area contributed by atoms with E-state index in [4.69, 9.17) is 4.74 Å². The molecule has 0 atom stereocenters. The standard InChI is InChI=1S/C22H26N4O/c1-4-18-7-5-6-8-20(18)25-21-15-16(2)24-22(26-21)23-14-13-17-9-11-19(27-3)12-10-17/h5-12,15H,4,13-14H2,1-3H3,(H2,23,24,25,26). The van der Waals surface area contributed by atoms with Crippen molar-refractivity contribution in [2.24, 2.45) is 0 Å². The molecule has 0 aliphatic carbocycles. The summed E-state index contributed by atoms with van der Waals surface area (Å²) in [6.07, 6.45) is 1.86. The van der Waals surface area contributed by atoms with Crippen LogP contribution in [0.5, 0.6) is 5.75 Å². The number of rotatable bonds is 8. The monoisotopic (exact) mass is 362 g/mol. The molecule has 0 saturated heterocycles. The van der Waals surface area contributed by atoms with Crippen molar-refractivity contribution in [3.8, 4) is 5.75 Å². The van der Waals surface area contributed by atoms with Crippen molar-refractivity contribution in [1.29, 1.82) is 0 Å². The summed E-state index contributed by atoms with van der Waals surface area (Å²) in [6, 6.07) is 18.4. The van der Waals surface area contributed by atoms with Crippen molar-refractivity contribution in [1.82, 2.24) is 9.97 Å². The molecule has 5 heteroatoms. The molecule has 0 aliphatic rings. The molecule has 0 bridgehead atoms. The Hall–Kier alpha value is -3.08. The predicted octanol–water partition coefficient (Wildman–Crippen LogP) is 4.75. The average molecular weight is 362 g/mol. The Labute approximate surface area is 160 Å². The molecule has 0 fully saturated rings. The maximum absolute atomic E-state index is 5.19. The van der Waals surface area contributed by atoms with Gasteiger partial charge in [-0.1, -0.05) is 37.3 Å². The van der Waals surface area contributed by atoms with E-state index in [-0.39, 0.29) is 0 Å². The van der Waals surface area contributed by atoms with E-state index in [2.05, 4.69) is 57.9 Å². The Balaban J connectivity index is 1.64. The zero-order chi connectivity index (χ0) is 19.1. The fourth-order valence-corrected chi connectivity index (χ4v) is 2.91. The molecular formula is C22H26N4O. The van der Waals surface area contributed by atoms with Gasteiger partial charge in [-0.05, 0) is 49.1 Å². The number of methoxy groups -OCH3 is 1. The summed E-state index contributed by atoms with van der Waals surface area (Å²) in [7, 11) is 1.68. The van der Waals surface area contributed by atoms with E-state index >= 15 is 0 Å². The van der Waals surface area contributed by atoms with Gasteiger partial charge in [0.1, 0.15) is 11.6 Å². The van der Waals surface area contributed by atoms with E-state index in [1.807, 2.05) is 31.2 Å². The van der Waals surface area contributed by atoms with Crippen molar-refractivity contribution in [2.45, 2.75) is 26.7 Å². The fourth-order valence-electron chi connectivity index (χ4n) is 2.91. The second-order valence-corrected chi connectivity index (χ2v) is 6.38. The highest BCUT2D eigenvalue weighted by Gasteiger charge is 2.05. The summed E-state index contributed by atoms with van der Waals surface area (Å²) in [5, 5.41) is 6.74. The summed E-state index contributed by atoms with van der Waals surface area (Å²) in [6.45, 7) is 4.89. The first kappa shape index (κ1) is 18.7. The molecule has 2 aromatic carbocycles. The number of hydrogen-bond acceptors (Lipinski definition) is 5. The van der Waals surface area contributed by atoms with Crippen LogP contribution in [0, 0.1) is 6.92 Å². The zero-order valence-electron chi connectivity index (χ0n) is 16.1. The van der Waals surface area contributed by atoms with Crippen molar-refractivity contribution < 1.29 is 4.74 Å². The van der Waals surface area contributed by atoms with E-state index < -0.39 is 0 Å². The summed E-state index contributed by atoms with van der Waals surface area (Å²) in [5.41, 5.74) is 4.52. The molecule has 0 aliphatic heterocycles. The Bertz CT molecular complexity index is 878. The van der Waals surface area contributed by atoms with Crippen LogP contribution in [0.3, 0.4) is 0 Å². The highest BCUT2D eigenvalue weighted by Crippen LogP contribution is 2.21. The molecule has 0 radical (unpaired) electrons. The van der Waals surface area contributed by atoms with Crippen LogP contribution in [0.4, 0.5) is 17.5 Å². The third-order valence-corrected chi connectivity index (χ3v) is 4.37. The van der Waals surface area contributed by atoms with Crippen LogP contribution in [-0.2, 0) is 12.8 Å². The van der Waals surface area contributed by atoms with Crippen LogP contribution in [0.25, 0.3) is 0 Å². The minimum Gasteiger partial charge on any atom is -0.497 e. The first-order valence-electron chi connectivity index (χ1n) is 9.25. The van der Waals surface area contributed by atoms with Gasteiger partial charge in [-0.2, -0.15) is 4.98 Å². The maximum atomic E-state index is 5.19. The van der Waals surface area contributed by atoms with Crippen molar-refractivity contribution >= 4 is 17.5 Å². The topological polar surface area (TPSA) is 59.1 Å². The van der Waals surface area contributed by atoms with Crippen LogP contribution >= 0.6 is 0 Å². The van der Waals surface area contributed by atoms with E-state index in [9.17, 15) is 0 Å². The highest BCUT2D eigenvalue weighted by molar-refractivity contribution is 5.61. The number of ether oxygens (including phenoxy) is 1. The van der Waals surface area contributed by atoms with Crippen molar-refractivity contribution in [2.75, 3.05) is 24.3 Å². The van der Waals surface area contributed by atoms with Gasteiger partial charge in [-0.25, -0.2) is 4.98 Å². The van der Waals surface area contributed by atoms with Crippen molar-refractivity contribution in [3.05, 3.63) is 71.4 Å². The lowest BCUT2D eigenvalue weighted by Crippen LogP contribution is -2.10. The Kier molecular flexibility index (Phi) is 6.26. The normalized spacial score (nSPS) is 10.5. The lowest BCUT2D eigenvalue weighted by molar-refractivity contribution is 0.414. The van der Waals surface area contributed by atoms with Crippen molar-refractivity contribution in [3.63, 3.8) is 0 Å². The number of hydrogen-bond donors (Lipinski definition) is 2. The highest BCUT2D eigenvalue weighted by atomic mass is 16.5. The predicted molar refractivity (Wildman–Crippen MR) is 111 cm³/mol. The number of aryl methyl sites for hydroxylation is 2. The molecule has 0 unspecified atom stereocenters. The van der Waals surface area contributed by atoms with Gasteiger partial charge in [0, 0.05) is 24.0 Å². The maximum Gasteiger partial charge on any atom is 0.224 e. The molecule has 0 saturated carbocycles. The van der Waals surface area contributed by atoms with Gasteiger partial charge in [0.2, 0.25) is 5.95 Å². The third kappa shape index (κ3) is 5.20. The van der Waals surface area contributed by atoms with Gasteiger partial charge in [0.25, 0.3) is 0 Å². The second kappa shape index (κ2) is 9.03. The number of anilines is 3. The second-order valence-electron chi connectivity index (χ2n) is 6.38.